The molecular weight excluding hydrogens is 221 g/mol. The number of nitrogens with two attached hydrogens (primary N) is 1. The lowest BCUT2D eigenvalue weighted by molar-refractivity contribution is 0.0549. The van der Waals surface area contributed by atoms with Crippen molar-refractivity contribution in [3.8, 4) is 5.75 Å². The summed E-state index contributed by atoms with van der Waals surface area (Å²) in [5.41, 5.74) is 6.59. The van der Waals surface area contributed by atoms with Crippen LogP contribution in [-0.2, 0) is 4.74 Å². The van der Waals surface area contributed by atoms with E-state index in [0.29, 0.717) is 19.0 Å². The van der Waals surface area contributed by atoms with Crippen LogP contribution in [0.1, 0.15) is 32.4 Å². The Kier molecular flexibility index (Phi) is 5.38. The van der Waals surface area contributed by atoms with Crippen LogP contribution in [0.25, 0.3) is 0 Å². The van der Waals surface area contributed by atoms with Gasteiger partial charge >= 0.3 is 0 Å². The molecule has 0 fully saturated rings. The van der Waals surface area contributed by atoms with E-state index < -0.39 is 0 Å². The molecule has 0 aliphatic rings. The molecule has 0 spiro atoms. The van der Waals surface area contributed by atoms with Gasteiger partial charge in [-0.3, -0.25) is 0 Å². The van der Waals surface area contributed by atoms with E-state index in [1.54, 1.807) is 6.07 Å². The third kappa shape index (κ3) is 4.71. The number of hydrogen-bond donors (Lipinski definition) is 1. The Bertz CT molecular complexity index is 353. The van der Waals surface area contributed by atoms with Crippen LogP contribution >= 0.6 is 0 Å². The van der Waals surface area contributed by atoms with Crippen molar-refractivity contribution < 1.29 is 13.9 Å². The van der Waals surface area contributed by atoms with Gasteiger partial charge in [0.25, 0.3) is 0 Å². The smallest absolute Gasteiger partial charge is 0.127 e. The highest BCUT2D eigenvalue weighted by molar-refractivity contribution is 5.36. The fourth-order valence-electron chi connectivity index (χ4n) is 1.44. The van der Waals surface area contributed by atoms with Crippen LogP contribution in [0.5, 0.6) is 5.75 Å². The van der Waals surface area contributed by atoms with Gasteiger partial charge in [-0.1, -0.05) is 6.07 Å². The van der Waals surface area contributed by atoms with E-state index in [2.05, 4.69) is 0 Å². The van der Waals surface area contributed by atoms with E-state index in [0.717, 1.165) is 5.56 Å². The highest BCUT2D eigenvalue weighted by Crippen LogP contribution is 2.24. The second-order valence-corrected chi connectivity index (χ2v) is 4.24. The van der Waals surface area contributed by atoms with Crippen molar-refractivity contribution in [1.82, 2.24) is 0 Å². The molecule has 3 nitrogen and oxygen atoms in total. The van der Waals surface area contributed by atoms with Crippen molar-refractivity contribution in [2.45, 2.75) is 32.9 Å². The Hall–Kier alpha value is -1.13. The lowest BCUT2D eigenvalue weighted by Gasteiger charge is -2.14. The first kappa shape index (κ1) is 13.9. The Morgan fingerprint density at radius 3 is 2.53 bits per heavy atom. The Morgan fingerprint density at radius 2 is 1.94 bits per heavy atom. The lowest BCUT2D eigenvalue weighted by Crippen LogP contribution is -2.13. The van der Waals surface area contributed by atoms with Crippen LogP contribution in [0, 0.1) is 5.82 Å². The van der Waals surface area contributed by atoms with E-state index in [-0.39, 0.29) is 18.0 Å². The summed E-state index contributed by atoms with van der Waals surface area (Å²) >= 11 is 0. The molecule has 1 rings (SSSR count). The molecule has 4 heteroatoms. The van der Waals surface area contributed by atoms with Gasteiger partial charge in [0, 0.05) is 17.7 Å². The van der Waals surface area contributed by atoms with Gasteiger partial charge in [0.05, 0.1) is 12.7 Å². The summed E-state index contributed by atoms with van der Waals surface area (Å²) in [6.45, 7) is 6.61. The van der Waals surface area contributed by atoms with Gasteiger partial charge in [0.15, 0.2) is 0 Å². The van der Waals surface area contributed by atoms with Gasteiger partial charge in [0.2, 0.25) is 0 Å². The molecule has 1 aromatic carbocycles. The number of rotatable bonds is 6. The quantitative estimate of drug-likeness (QED) is 0.779. The van der Waals surface area contributed by atoms with Crippen LogP contribution in [0.4, 0.5) is 4.39 Å². The van der Waals surface area contributed by atoms with Gasteiger partial charge in [-0.05, 0) is 26.8 Å². The van der Waals surface area contributed by atoms with Crippen molar-refractivity contribution in [2.24, 2.45) is 5.73 Å². The highest BCUT2D eigenvalue weighted by Gasteiger charge is 2.09. The molecule has 96 valence electrons. The van der Waals surface area contributed by atoms with E-state index in [9.17, 15) is 4.39 Å². The van der Waals surface area contributed by atoms with E-state index in [1.807, 2.05) is 20.8 Å². The highest BCUT2D eigenvalue weighted by atomic mass is 19.1. The average Bonchev–Trinajstić information content (AvgIpc) is 2.23. The SMILES string of the molecule is CC(C)OCCOc1cc(F)ccc1[C@@H](C)N. The standard InChI is InChI=1S/C13H20FNO2/c1-9(2)16-6-7-17-13-8-11(14)4-5-12(13)10(3)15/h4-5,8-10H,6-7,15H2,1-3H3/t10-/m1/s1. The molecule has 0 aliphatic heterocycles. The molecule has 0 radical (unpaired) electrons. The zero-order chi connectivity index (χ0) is 12.8. The van der Waals surface area contributed by atoms with E-state index in [4.69, 9.17) is 15.2 Å². The first-order valence-corrected chi connectivity index (χ1v) is 5.80. The third-order valence-electron chi connectivity index (χ3n) is 2.26. The molecule has 1 aromatic rings. The Balaban J connectivity index is 2.59. The zero-order valence-electron chi connectivity index (χ0n) is 10.6. The van der Waals surface area contributed by atoms with Gasteiger partial charge < -0.3 is 15.2 Å². The summed E-state index contributed by atoms with van der Waals surface area (Å²) < 4.78 is 23.9. The number of halogens is 1. The maximum Gasteiger partial charge on any atom is 0.127 e. The van der Waals surface area contributed by atoms with Gasteiger partial charge in [-0.25, -0.2) is 4.39 Å². The summed E-state index contributed by atoms with van der Waals surface area (Å²) in [6.07, 6.45) is 0.166. The van der Waals surface area contributed by atoms with Crippen LogP contribution in [0.2, 0.25) is 0 Å². The summed E-state index contributed by atoms with van der Waals surface area (Å²) in [4.78, 5) is 0. The van der Waals surface area contributed by atoms with Crippen LogP contribution in [-0.4, -0.2) is 19.3 Å². The van der Waals surface area contributed by atoms with Gasteiger partial charge in [-0.15, -0.1) is 0 Å². The topological polar surface area (TPSA) is 44.5 Å². The molecule has 0 heterocycles. The molecule has 0 bridgehead atoms. The monoisotopic (exact) mass is 241 g/mol. The van der Waals surface area contributed by atoms with Gasteiger partial charge in [0.1, 0.15) is 18.2 Å². The van der Waals surface area contributed by atoms with Crippen molar-refractivity contribution >= 4 is 0 Å². The largest absolute Gasteiger partial charge is 0.491 e. The molecule has 2 N–H and O–H groups in total. The van der Waals surface area contributed by atoms with E-state index in [1.165, 1.54) is 12.1 Å². The van der Waals surface area contributed by atoms with Crippen molar-refractivity contribution in [3.63, 3.8) is 0 Å². The Morgan fingerprint density at radius 1 is 1.24 bits per heavy atom. The molecule has 0 saturated heterocycles. The third-order valence-corrected chi connectivity index (χ3v) is 2.26. The van der Waals surface area contributed by atoms with Crippen LogP contribution in [0.15, 0.2) is 18.2 Å². The molecule has 0 amide bonds. The molecule has 0 aromatic heterocycles. The fourth-order valence-corrected chi connectivity index (χ4v) is 1.44. The first-order valence-electron chi connectivity index (χ1n) is 5.80. The summed E-state index contributed by atoms with van der Waals surface area (Å²) in [5.74, 6) is 0.168. The molecule has 0 saturated carbocycles. The van der Waals surface area contributed by atoms with Gasteiger partial charge in [-0.2, -0.15) is 0 Å². The minimum Gasteiger partial charge on any atom is -0.491 e. The van der Waals surface area contributed by atoms with E-state index >= 15 is 0 Å². The number of benzene rings is 1. The fraction of sp³-hybridized carbons (Fsp3) is 0.538. The lowest BCUT2D eigenvalue weighted by atomic mass is 10.1. The molecule has 1 atom stereocenters. The van der Waals surface area contributed by atoms with Crippen LogP contribution in [0.3, 0.4) is 0 Å². The summed E-state index contributed by atoms with van der Waals surface area (Å²) in [5, 5.41) is 0. The van der Waals surface area contributed by atoms with Crippen LogP contribution < -0.4 is 10.5 Å². The first-order chi connectivity index (χ1) is 8.00. The maximum absolute atomic E-state index is 13.1. The molecule has 0 unspecified atom stereocenters. The second kappa shape index (κ2) is 6.57. The Labute approximate surface area is 102 Å². The maximum atomic E-state index is 13.1. The van der Waals surface area contributed by atoms with Crippen molar-refractivity contribution in [2.75, 3.05) is 13.2 Å². The van der Waals surface area contributed by atoms with Crippen molar-refractivity contribution in [3.05, 3.63) is 29.6 Å². The minimum absolute atomic E-state index is 0.166. The molecule has 0 aliphatic carbocycles. The van der Waals surface area contributed by atoms with Crippen molar-refractivity contribution in [1.29, 1.82) is 0 Å². The minimum atomic E-state index is -0.325. The predicted octanol–water partition coefficient (Wildman–Crippen LogP) is 2.65. The molecule has 17 heavy (non-hydrogen) atoms. The normalized spacial score (nSPS) is 12.8. The number of hydrogen-bond acceptors (Lipinski definition) is 3. The second-order valence-electron chi connectivity index (χ2n) is 4.24. The number of ether oxygens (including phenoxy) is 2. The summed E-state index contributed by atoms with van der Waals surface area (Å²) in [6, 6.07) is 4.21. The predicted molar refractivity (Wildman–Crippen MR) is 65.6 cm³/mol. The zero-order valence-corrected chi connectivity index (χ0v) is 10.6. The average molecular weight is 241 g/mol. The molecular formula is C13H20FNO2. The summed E-state index contributed by atoms with van der Waals surface area (Å²) in [7, 11) is 0.